The molecule has 8 heteroatoms. The number of carbonyl (C=O) groups excluding carboxylic acids is 2. The van der Waals surface area contributed by atoms with Gasteiger partial charge in [0, 0.05) is 17.7 Å². The minimum atomic E-state index is -1.13. The summed E-state index contributed by atoms with van der Waals surface area (Å²) in [5.74, 6) is -0.641. The van der Waals surface area contributed by atoms with E-state index in [1.807, 2.05) is 42.5 Å². The SMILES string of the molecule is COc1cccc(N2C(=O)[C@H]3[C@@H](CC(C)C)N[C@]4(c5ccccc5-n5c4nc4ccccc4c5=O)[C@H]3C2=O)c1. The number of aromatic nitrogens is 2. The first-order valence-electron chi connectivity index (χ1n) is 13.3. The van der Waals surface area contributed by atoms with E-state index in [4.69, 9.17) is 9.72 Å². The number of hydrogen-bond donors (Lipinski definition) is 1. The number of amides is 2. The number of anilines is 1. The second-order valence-corrected chi connectivity index (χ2v) is 11.0. The lowest BCUT2D eigenvalue weighted by molar-refractivity contribution is -0.123. The van der Waals surface area contributed by atoms with E-state index in [0.717, 1.165) is 5.56 Å². The van der Waals surface area contributed by atoms with E-state index < -0.39 is 17.4 Å². The Morgan fingerprint density at radius 1 is 0.974 bits per heavy atom. The van der Waals surface area contributed by atoms with E-state index in [1.54, 1.807) is 42.0 Å². The second kappa shape index (κ2) is 8.35. The first-order chi connectivity index (χ1) is 18.9. The summed E-state index contributed by atoms with van der Waals surface area (Å²) in [6, 6.07) is 21.6. The van der Waals surface area contributed by atoms with E-state index in [-0.39, 0.29) is 29.3 Å². The smallest absolute Gasteiger partial charge is 0.266 e. The van der Waals surface area contributed by atoms with Crippen LogP contribution in [0.25, 0.3) is 16.6 Å². The van der Waals surface area contributed by atoms with Crippen LogP contribution in [0.1, 0.15) is 31.7 Å². The van der Waals surface area contributed by atoms with Crippen LogP contribution in [0.4, 0.5) is 5.69 Å². The molecular formula is C31H28N4O4. The number of rotatable bonds is 4. The van der Waals surface area contributed by atoms with Crippen molar-refractivity contribution in [3.8, 4) is 11.4 Å². The Morgan fingerprint density at radius 2 is 1.74 bits per heavy atom. The van der Waals surface area contributed by atoms with Crippen molar-refractivity contribution in [1.82, 2.24) is 14.9 Å². The molecule has 2 saturated heterocycles. The molecule has 7 rings (SSSR count). The number of fused-ring (bicyclic) bond motifs is 8. The van der Waals surface area contributed by atoms with Gasteiger partial charge in [0.25, 0.3) is 5.56 Å². The number of hydrogen-bond acceptors (Lipinski definition) is 6. The van der Waals surface area contributed by atoms with Crippen molar-refractivity contribution in [2.75, 3.05) is 12.0 Å². The molecule has 3 aliphatic rings. The zero-order valence-electron chi connectivity index (χ0n) is 21.9. The highest BCUT2D eigenvalue weighted by atomic mass is 16.5. The Morgan fingerprint density at radius 3 is 2.54 bits per heavy atom. The summed E-state index contributed by atoms with van der Waals surface area (Å²) in [4.78, 5) is 48.9. The molecule has 1 N–H and O–H groups in total. The van der Waals surface area contributed by atoms with Gasteiger partial charge < -0.3 is 4.74 Å². The Hall–Kier alpha value is -4.30. The molecule has 3 aromatic carbocycles. The fraction of sp³-hybridized carbons (Fsp3) is 0.290. The van der Waals surface area contributed by atoms with Crippen LogP contribution in [-0.4, -0.2) is 34.5 Å². The Labute approximate surface area is 225 Å². The average molecular weight is 521 g/mol. The highest BCUT2D eigenvalue weighted by Crippen LogP contribution is 2.56. The van der Waals surface area contributed by atoms with Gasteiger partial charge in [-0.15, -0.1) is 0 Å². The molecule has 0 saturated carbocycles. The molecule has 39 heavy (non-hydrogen) atoms. The third-order valence-electron chi connectivity index (χ3n) is 8.40. The Kier molecular flexibility index (Phi) is 5.09. The van der Waals surface area contributed by atoms with Gasteiger partial charge in [-0.25, -0.2) is 9.88 Å². The predicted octanol–water partition coefficient (Wildman–Crippen LogP) is 3.78. The van der Waals surface area contributed by atoms with Crippen LogP contribution in [0, 0.1) is 17.8 Å². The van der Waals surface area contributed by atoms with Crippen LogP contribution in [0.5, 0.6) is 5.75 Å². The molecule has 0 aliphatic carbocycles. The van der Waals surface area contributed by atoms with Crippen LogP contribution >= 0.6 is 0 Å². The van der Waals surface area contributed by atoms with E-state index in [0.29, 0.717) is 40.3 Å². The molecule has 3 aliphatic heterocycles. The number of nitrogens with zero attached hydrogens (tertiary/aromatic N) is 3. The lowest BCUT2D eigenvalue weighted by Gasteiger charge is -2.32. The molecule has 4 heterocycles. The van der Waals surface area contributed by atoms with Crippen molar-refractivity contribution in [3.05, 3.63) is 94.5 Å². The van der Waals surface area contributed by atoms with Gasteiger partial charge in [-0.2, -0.15) is 0 Å². The maximum Gasteiger partial charge on any atom is 0.266 e. The van der Waals surface area contributed by atoms with Gasteiger partial charge in [-0.05, 0) is 42.7 Å². The largest absolute Gasteiger partial charge is 0.497 e. The maximum absolute atomic E-state index is 14.5. The van der Waals surface area contributed by atoms with Crippen molar-refractivity contribution in [2.45, 2.75) is 31.8 Å². The first-order valence-corrected chi connectivity index (χ1v) is 13.3. The molecule has 1 spiro atoms. The van der Waals surface area contributed by atoms with Gasteiger partial charge in [0.05, 0.1) is 41.2 Å². The summed E-state index contributed by atoms with van der Waals surface area (Å²) in [5.41, 5.74) is 1.20. The molecule has 2 amide bonds. The van der Waals surface area contributed by atoms with Crippen molar-refractivity contribution >= 4 is 28.4 Å². The van der Waals surface area contributed by atoms with E-state index in [9.17, 15) is 14.4 Å². The highest BCUT2D eigenvalue weighted by Gasteiger charge is 2.69. The minimum absolute atomic E-state index is 0.188. The second-order valence-electron chi connectivity index (χ2n) is 11.0. The van der Waals surface area contributed by atoms with Gasteiger partial charge in [0.1, 0.15) is 17.1 Å². The van der Waals surface area contributed by atoms with Crippen molar-refractivity contribution in [3.63, 3.8) is 0 Å². The number of ether oxygens (including phenoxy) is 1. The van der Waals surface area contributed by atoms with Crippen LogP contribution in [0.3, 0.4) is 0 Å². The van der Waals surface area contributed by atoms with Crippen LogP contribution in [0.2, 0.25) is 0 Å². The molecule has 0 radical (unpaired) electrons. The fourth-order valence-electron chi connectivity index (χ4n) is 6.93. The monoisotopic (exact) mass is 520 g/mol. The van der Waals surface area contributed by atoms with E-state index in [1.165, 1.54) is 4.90 Å². The summed E-state index contributed by atoms with van der Waals surface area (Å²) in [6.07, 6.45) is 0.688. The van der Waals surface area contributed by atoms with E-state index in [2.05, 4.69) is 19.2 Å². The van der Waals surface area contributed by atoms with Gasteiger partial charge in [0.15, 0.2) is 0 Å². The normalized spacial score (nSPS) is 25.0. The third-order valence-corrected chi connectivity index (χ3v) is 8.40. The molecular weight excluding hydrogens is 492 g/mol. The Balaban J connectivity index is 1.51. The molecule has 0 bridgehead atoms. The lowest BCUT2D eigenvalue weighted by atomic mass is 9.75. The summed E-state index contributed by atoms with van der Waals surface area (Å²) in [6.45, 7) is 4.21. The van der Waals surface area contributed by atoms with Crippen LogP contribution in [-0.2, 0) is 15.1 Å². The topological polar surface area (TPSA) is 93.5 Å². The molecule has 2 fully saturated rings. The van der Waals surface area contributed by atoms with Crippen LogP contribution < -0.4 is 20.5 Å². The summed E-state index contributed by atoms with van der Waals surface area (Å²) in [5, 5.41) is 4.25. The zero-order valence-corrected chi connectivity index (χ0v) is 21.9. The van der Waals surface area contributed by atoms with Crippen molar-refractivity contribution in [2.24, 2.45) is 17.8 Å². The predicted molar refractivity (Wildman–Crippen MR) is 147 cm³/mol. The van der Waals surface area contributed by atoms with Gasteiger partial charge in [0.2, 0.25) is 11.8 Å². The maximum atomic E-state index is 14.5. The summed E-state index contributed by atoms with van der Waals surface area (Å²) in [7, 11) is 1.55. The van der Waals surface area contributed by atoms with Crippen LogP contribution in [0.15, 0.2) is 77.6 Å². The number of para-hydroxylation sites is 2. The Bertz CT molecular complexity index is 1740. The first kappa shape index (κ1) is 23.8. The van der Waals surface area contributed by atoms with Crippen molar-refractivity contribution < 1.29 is 14.3 Å². The number of carbonyl (C=O) groups is 2. The van der Waals surface area contributed by atoms with Gasteiger partial charge in [-0.3, -0.25) is 24.3 Å². The molecule has 4 atom stereocenters. The number of methoxy groups -OCH3 is 1. The molecule has 4 aromatic rings. The fourth-order valence-corrected chi connectivity index (χ4v) is 6.93. The van der Waals surface area contributed by atoms with Gasteiger partial charge in [-0.1, -0.05) is 50.2 Å². The summed E-state index contributed by atoms with van der Waals surface area (Å²) < 4.78 is 7.01. The zero-order chi connectivity index (χ0) is 27.1. The van der Waals surface area contributed by atoms with E-state index >= 15 is 0 Å². The molecule has 1 aromatic heterocycles. The van der Waals surface area contributed by atoms with Gasteiger partial charge >= 0.3 is 0 Å². The minimum Gasteiger partial charge on any atom is -0.497 e. The summed E-state index contributed by atoms with van der Waals surface area (Å²) >= 11 is 0. The quantitative estimate of drug-likeness (QED) is 0.412. The molecule has 8 nitrogen and oxygen atoms in total. The number of imide groups is 1. The third kappa shape index (κ3) is 3.09. The number of benzene rings is 3. The molecule has 196 valence electrons. The highest BCUT2D eigenvalue weighted by molar-refractivity contribution is 6.23. The van der Waals surface area contributed by atoms with Crippen molar-refractivity contribution in [1.29, 1.82) is 0 Å². The standard InChI is InChI=1S/C31H28N4O4/c1-17(2)15-23-25-26(29(38)34(28(25)37)18-9-8-10-19(16-18)39-3)31(33-23)21-12-5-7-14-24(21)35-27(36)20-11-4-6-13-22(20)32-30(31)35/h4-14,16-17,23,25-26,33H,15H2,1-3H3/t23-,25+,26-,31-/m1/s1. The lowest BCUT2D eigenvalue weighted by Crippen LogP contribution is -2.50. The number of nitrogens with one attached hydrogen (secondary N) is 1. The average Bonchev–Trinajstić information content (AvgIpc) is 3.51. The molecule has 0 unspecified atom stereocenters.